The van der Waals surface area contributed by atoms with Gasteiger partial charge in [0.05, 0.1) is 0 Å². The van der Waals surface area contributed by atoms with Gasteiger partial charge in [-0.3, -0.25) is 4.21 Å². The molecule has 0 heterocycles. The Balaban J connectivity index is 2.04. The van der Waals surface area contributed by atoms with Crippen LogP contribution >= 0.6 is 0 Å². The van der Waals surface area contributed by atoms with Crippen LogP contribution in [0.2, 0.25) is 0 Å². The zero-order valence-corrected chi connectivity index (χ0v) is 12.3. The van der Waals surface area contributed by atoms with Crippen LogP contribution in [-0.4, -0.2) is 4.21 Å². The Morgan fingerprint density at radius 2 is 1.80 bits per heavy atom. The number of rotatable bonds is 5. The van der Waals surface area contributed by atoms with Crippen molar-refractivity contribution in [3.05, 3.63) is 70.5 Å². The molecule has 1 unspecified atom stereocenters. The highest BCUT2D eigenvalue weighted by Crippen LogP contribution is 2.14. The van der Waals surface area contributed by atoms with Gasteiger partial charge in [-0.1, -0.05) is 42.0 Å². The van der Waals surface area contributed by atoms with Gasteiger partial charge < -0.3 is 5.73 Å². The molecule has 20 heavy (non-hydrogen) atoms. The quantitative estimate of drug-likeness (QED) is 0.920. The lowest BCUT2D eigenvalue weighted by atomic mass is 10.1. The fourth-order valence-corrected chi connectivity index (χ4v) is 3.30. The van der Waals surface area contributed by atoms with Gasteiger partial charge in [-0.25, -0.2) is 4.39 Å². The number of nitrogens with two attached hydrogens (primary N) is 1. The van der Waals surface area contributed by atoms with Crippen LogP contribution in [0.5, 0.6) is 0 Å². The van der Waals surface area contributed by atoms with E-state index < -0.39 is 10.8 Å². The van der Waals surface area contributed by atoms with Crippen LogP contribution in [0, 0.1) is 12.7 Å². The van der Waals surface area contributed by atoms with Crippen molar-refractivity contribution < 1.29 is 8.60 Å². The molecule has 0 saturated carbocycles. The van der Waals surface area contributed by atoms with E-state index in [0.717, 1.165) is 16.7 Å². The van der Waals surface area contributed by atoms with Gasteiger partial charge in [-0.05, 0) is 24.1 Å². The van der Waals surface area contributed by atoms with Crippen LogP contribution < -0.4 is 5.73 Å². The second-order valence-electron chi connectivity index (χ2n) is 4.85. The predicted molar refractivity (Wildman–Crippen MR) is 81.0 cm³/mol. The summed E-state index contributed by atoms with van der Waals surface area (Å²) in [6.45, 7) is 2.17. The summed E-state index contributed by atoms with van der Waals surface area (Å²) in [5, 5.41) is 0. The van der Waals surface area contributed by atoms with Crippen molar-refractivity contribution in [2.24, 2.45) is 5.73 Å². The van der Waals surface area contributed by atoms with Crippen LogP contribution in [0.25, 0.3) is 0 Å². The zero-order valence-electron chi connectivity index (χ0n) is 11.4. The summed E-state index contributed by atoms with van der Waals surface area (Å²) in [5.74, 6) is 0.624. The average Bonchev–Trinajstić information content (AvgIpc) is 2.41. The third-order valence-electron chi connectivity index (χ3n) is 3.07. The average molecular weight is 291 g/mol. The first-order valence-corrected chi connectivity index (χ1v) is 7.95. The van der Waals surface area contributed by atoms with E-state index >= 15 is 0 Å². The predicted octanol–water partition coefficient (Wildman–Crippen LogP) is 3.04. The summed E-state index contributed by atoms with van der Waals surface area (Å²) in [5.41, 5.74) is 9.02. The maximum absolute atomic E-state index is 13.3. The van der Waals surface area contributed by atoms with E-state index in [-0.39, 0.29) is 12.4 Å². The minimum absolute atomic E-state index is 0.157. The first-order chi connectivity index (χ1) is 9.58. The minimum Gasteiger partial charge on any atom is -0.326 e. The van der Waals surface area contributed by atoms with Crippen LogP contribution in [0.15, 0.2) is 42.5 Å². The lowest BCUT2D eigenvalue weighted by Gasteiger charge is -2.06. The summed E-state index contributed by atoms with van der Waals surface area (Å²) in [4.78, 5) is 0. The number of hydrogen-bond donors (Lipinski definition) is 1. The van der Waals surface area contributed by atoms with E-state index in [2.05, 4.69) is 0 Å². The van der Waals surface area contributed by atoms with E-state index in [1.54, 1.807) is 12.1 Å². The Morgan fingerprint density at radius 1 is 1.10 bits per heavy atom. The molecule has 106 valence electrons. The first kappa shape index (κ1) is 14.9. The molecule has 0 aliphatic rings. The second kappa shape index (κ2) is 6.77. The molecule has 0 amide bonds. The van der Waals surface area contributed by atoms with Gasteiger partial charge in [0.2, 0.25) is 0 Å². The first-order valence-electron chi connectivity index (χ1n) is 6.46. The van der Waals surface area contributed by atoms with Gasteiger partial charge in [-0.15, -0.1) is 0 Å². The van der Waals surface area contributed by atoms with Crippen molar-refractivity contribution in [1.82, 2.24) is 0 Å². The lowest BCUT2D eigenvalue weighted by Crippen LogP contribution is -2.04. The summed E-state index contributed by atoms with van der Waals surface area (Å²) in [6, 6.07) is 12.7. The molecule has 2 aromatic carbocycles. The van der Waals surface area contributed by atoms with Crippen molar-refractivity contribution in [3.63, 3.8) is 0 Å². The number of halogens is 1. The van der Waals surface area contributed by atoms with Crippen molar-refractivity contribution in [1.29, 1.82) is 0 Å². The normalized spacial score (nSPS) is 12.3. The lowest BCUT2D eigenvalue weighted by molar-refractivity contribution is 0.610. The molecule has 0 aliphatic heterocycles. The van der Waals surface area contributed by atoms with Crippen molar-refractivity contribution in [2.45, 2.75) is 25.0 Å². The van der Waals surface area contributed by atoms with Gasteiger partial charge in [0.1, 0.15) is 5.82 Å². The van der Waals surface area contributed by atoms with E-state index in [0.29, 0.717) is 17.1 Å². The summed E-state index contributed by atoms with van der Waals surface area (Å²) in [6.07, 6.45) is 0. The monoisotopic (exact) mass is 291 g/mol. The summed E-state index contributed by atoms with van der Waals surface area (Å²) >= 11 is 0. The van der Waals surface area contributed by atoms with Crippen LogP contribution in [-0.2, 0) is 28.9 Å². The highest BCUT2D eigenvalue weighted by molar-refractivity contribution is 7.83. The molecule has 0 fully saturated rings. The molecule has 0 saturated heterocycles. The molecular weight excluding hydrogens is 273 g/mol. The molecule has 0 radical (unpaired) electrons. The Hall–Kier alpha value is -1.52. The molecule has 2 nitrogen and oxygen atoms in total. The smallest absolute Gasteiger partial charge is 0.127 e. The maximum atomic E-state index is 13.3. The molecule has 4 heteroatoms. The third kappa shape index (κ3) is 3.99. The van der Waals surface area contributed by atoms with Gasteiger partial charge in [-0.2, -0.15) is 0 Å². The second-order valence-corrected chi connectivity index (χ2v) is 6.30. The van der Waals surface area contributed by atoms with Crippen LogP contribution in [0.4, 0.5) is 4.39 Å². The molecular formula is C16H18FNOS. The Bertz CT molecular complexity index is 628. The molecule has 2 aromatic rings. The Kier molecular flexibility index (Phi) is 5.04. The molecule has 2 rings (SSSR count). The topological polar surface area (TPSA) is 43.1 Å². The molecule has 0 spiro atoms. The molecule has 2 N–H and O–H groups in total. The molecule has 0 bridgehead atoms. The van der Waals surface area contributed by atoms with Gasteiger partial charge >= 0.3 is 0 Å². The third-order valence-corrected chi connectivity index (χ3v) is 4.38. The number of aryl methyl sites for hydroxylation is 1. The van der Waals surface area contributed by atoms with Gasteiger partial charge in [0, 0.05) is 34.4 Å². The minimum atomic E-state index is -1.01. The fraction of sp³-hybridized carbons (Fsp3) is 0.250. The van der Waals surface area contributed by atoms with Crippen molar-refractivity contribution in [2.75, 3.05) is 0 Å². The SMILES string of the molecule is Cc1cccc(CS(=O)Cc2ccc(F)c(CN)c2)c1. The highest BCUT2D eigenvalue weighted by Gasteiger charge is 2.07. The number of benzene rings is 2. The molecule has 0 aromatic heterocycles. The Morgan fingerprint density at radius 3 is 2.45 bits per heavy atom. The van der Waals surface area contributed by atoms with Crippen LogP contribution in [0.3, 0.4) is 0 Å². The highest BCUT2D eigenvalue weighted by atomic mass is 32.2. The molecule has 1 atom stereocenters. The van der Waals surface area contributed by atoms with Crippen LogP contribution in [0.1, 0.15) is 22.3 Å². The standard InChI is InChI=1S/C16H18FNOS/c1-12-3-2-4-13(7-12)10-20(19)11-14-5-6-16(17)15(8-14)9-18/h2-8H,9-11,18H2,1H3. The Labute approximate surface area is 121 Å². The van der Waals surface area contributed by atoms with E-state index in [9.17, 15) is 8.60 Å². The van der Waals surface area contributed by atoms with Gasteiger partial charge in [0.15, 0.2) is 0 Å². The van der Waals surface area contributed by atoms with E-state index in [4.69, 9.17) is 5.73 Å². The zero-order chi connectivity index (χ0) is 14.5. The maximum Gasteiger partial charge on any atom is 0.127 e. The van der Waals surface area contributed by atoms with E-state index in [1.807, 2.05) is 31.2 Å². The summed E-state index contributed by atoms with van der Waals surface area (Å²) < 4.78 is 25.5. The largest absolute Gasteiger partial charge is 0.326 e. The van der Waals surface area contributed by atoms with Crippen molar-refractivity contribution in [3.8, 4) is 0 Å². The van der Waals surface area contributed by atoms with Gasteiger partial charge in [0.25, 0.3) is 0 Å². The fourth-order valence-electron chi connectivity index (χ4n) is 2.10. The van der Waals surface area contributed by atoms with E-state index in [1.165, 1.54) is 6.07 Å². The van der Waals surface area contributed by atoms with Crippen molar-refractivity contribution >= 4 is 10.8 Å². The molecule has 0 aliphatic carbocycles. The number of hydrogen-bond acceptors (Lipinski definition) is 2. The summed E-state index contributed by atoms with van der Waals surface area (Å²) in [7, 11) is -1.01.